The minimum Gasteiger partial charge on any atom is -0.382 e. The summed E-state index contributed by atoms with van der Waals surface area (Å²) >= 11 is 5.86. The van der Waals surface area contributed by atoms with Crippen LogP contribution in [0.15, 0.2) is 18.2 Å². The van der Waals surface area contributed by atoms with Gasteiger partial charge in [0.2, 0.25) is 0 Å². The van der Waals surface area contributed by atoms with Crippen molar-refractivity contribution in [2.24, 2.45) is 0 Å². The Morgan fingerprint density at radius 1 is 1.50 bits per heavy atom. The predicted octanol–water partition coefficient (Wildman–Crippen LogP) is 3.03. The van der Waals surface area contributed by atoms with Crippen molar-refractivity contribution in [3.63, 3.8) is 0 Å². The molecule has 0 spiro atoms. The van der Waals surface area contributed by atoms with E-state index >= 15 is 0 Å². The average Bonchev–Trinajstić information content (AvgIpc) is 2.07. The van der Waals surface area contributed by atoms with Gasteiger partial charge in [0.05, 0.1) is 0 Å². The lowest BCUT2D eigenvalue weighted by molar-refractivity contribution is 0.513. The smallest absolute Gasteiger partial charge is 0.107 e. The van der Waals surface area contributed by atoms with Gasteiger partial charge in [-0.1, -0.05) is 17.7 Å². The molecule has 0 amide bonds. The fraction of sp³-hybridized carbons (Fsp3) is 0.333. The summed E-state index contributed by atoms with van der Waals surface area (Å²) in [7, 11) is 0. The standard InChI is InChI=1S/C9H11ClFN/c1-7-2-3-8(6-9(7)10)12-5-4-11/h2-3,6,12H,4-5H2,1H3. The Morgan fingerprint density at radius 2 is 2.25 bits per heavy atom. The molecule has 0 bridgehead atoms. The number of hydrogen-bond donors (Lipinski definition) is 1. The van der Waals surface area contributed by atoms with Gasteiger partial charge in [0.1, 0.15) is 6.67 Å². The number of alkyl halides is 1. The van der Waals surface area contributed by atoms with Gasteiger partial charge >= 0.3 is 0 Å². The number of hydrogen-bond acceptors (Lipinski definition) is 1. The average molecular weight is 188 g/mol. The molecular formula is C9H11ClFN. The molecule has 66 valence electrons. The fourth-order valence-electron chi connectivity index (χ4n) is 0.894. The summed E-state index contributed by atoms with van der Waals surface area (Å²) in [5.41, 5.74) is 1.89. The van der Waals surface area contributed by atoms with Gasteiger partial charge in [-0.05, 0) is 24.6 Å². The second kappa shape index (κ2) is 4.31. The molecule has 0 saturated heterocycles. The Labute approximate surface area is 76.5 Å². The van der Waals surface area contributed by atoms with Gasteiger partial charge in [-0.25, -0.2) is 4.39 Å². The fourth-order valence-corrected chi connectivity index (χ4v) is 1.07. The van der Waals surface area contributed by atoms with Crippen LogP contribution in [0.2, 0.25) is 5.02 Å². The van der Waals surface area contributed by atoms with Crippen LogP contribution in [0.4, 0.5) is 10.1 Å². The maximum atomic E-state index is 11.8. The Bertz CT molecular complexity index is 263. The van der Waals surface area contributed by atoms with Crippen LogP contribution in [-0.4, -0.2) is 13.2 Å². The molecule has 1 N–H and O–H groups in total. The van der Waals surface area contributed by atoms with Crippen LogP contribution in [0.25, 0.3) is 0 Å². The first kappa shape index (κ1) is 9.33. The van der Waals surface area contributed by atoms with E-state index in [4.69, 9.17) is 11.6 Å². The van der Waals surface area contributed by atoms with Crippen molar-refractivity contribution in [1.82, 2.24) is 0 Å². The van der Waals surface area contributed by atoms with Crippen LogP contribution in [0.3, 0.4) is 0 Å². The Kier molecular flexibility index (Phi) is 3.35. The number of nitrogens with one attached hydrogen (secondary N) is 1. The van der Waals surface area contributed by atoms with Gasteiger partial charge in [-0.15, -0.1) is 0 Å². The van der Waals surface area contributed by atoms with Gasteiger partial charge in [-0.3, -0.25) is 0 Å². The second-order valence-electron chi connectivity index (χ2n) is 2.58. The van der Waals surface area contributed by atoms with E-state index in [9.17, 15) is 4.39 Å². The van der Waals surface area contributed by atoms with Crippen molar-refractivity contribution in [2.45, 2.75) is 6.92 Å². The van der Waals surface area contributed by atoms with Crippen molar-refractivity contribution in [1.29, 1.82) is 0 Å². The van der Waals surface area contributed by atoms with Gasteiger partial charge in [0.15, 0.2) is 0 Å². The van der Waals surface area contributed by atoms with Crippen molar-refractivity contribution >= 4 is 17.3 Å². The van der Waals surface area contributed by atoms with Crippen LogP contribution >= 0.6 is 11.6 Å². The lowest BCUT2D eigenvalue weighted by Gasteiger charge is -2.04. The summed E-state index contributed by atoms with van der Waals surface area (Å²) in [5.74, 6) is 0. The summed E-state index contributed by atoms with van der Waals surface area (Å²) in [6, 6.07) is 5.59. The Hall–Kier alpha value is -0.760. The molecule has 1 aromatic carbocycles. The molecule has 0 aliphatic rings. The molecule has 0 saturated carbocycles. The van der Waals surface area contributed by atoms with E-state index in [0.717, 1.165) is 11.3 Å². The van der Waals surface area contributed by atoms with Crippen molar-refractivity contribution in [3.05, 3.63) is 28.8 Å². The summed E-state index contributed by atoms with van der Waals surface area (Å²) in [6.45, 7) is 1.89. The number of benzene rings is 1. The predicted molar refractivity (Wildman–Crippen MR) is 50.7 cm³/mol. The van der Waals surface area contributed by atoms with Crippen molar-refractivity contribution < 1.29 is 4.39 Å². The molecule has 0 fully saturated rings. The van der Waals surface area contributed by atoms with E-state index in [0.29, 0.717) is 11.6 Å². The van der Waals surface area contributed by atoms with Crippen molar-refractivity contribution in [3.8, 4) is 0 Å². The molecule has 0 heterocycles. The molecule has 1 rings (SSSR count). The van der Waals surface area contributed by atoms with Crippen molar-refractivity contribution in [2.75, 3.05) is 18.5 Å². The van der Waals surface area contributed by atoms with Crippen LogP contribution in [0, 0.1) is 6.92 Å². The second-order valence-corrected chi connectivity index (χ2v) is 2.99. The molecule has 0 aliphatic carbocycles. The van der Waals surface area contributed by atoms with Crippen LogP contribution < -0.4 is 5.32 Å². The molecule has 0 atom stereocenters. The first-order chi connectivity index (χ1) is 5.74. The lowest BCUT2D eigenvalue weighted by atomic mass is 10.2. The topological polar surface area (TPSA) is 12.0 Å². The van der Waals surface area contributed by atoms with Gasteiger partial charge in [0.25, 0.3) is 0 Å². The normalized spacial score (nSPS) is 9.92. The highest BCUT2D eigenvalue weighted by Crippen LogP contribution is 2.19. The lowest BCUT2D eigenvalue weighted by Crippen LogP contribution is -2.02. The van der Waals surface area contributed by atoms with Gasteiger partial charge in [0, 0.05) is 17.3 Å². The minimum absolute atomic E-state index is 0.333. The van der Waals surface area contributed by atoms with Crippen LogP contribution in [0.1, 0.15) is 5.56 Å². The van der Waals surface area contributed by atoms with E-state index in [1.807, 2.05) is 19.1 Å². The summed E-state index contributed by atoms with van der Waals surface area (Å²) in [6.07, 6.45) is 0. The number of aryl methyl sites for hydroxylation is 1. The van der Waals surface area contributed by atoms with E-state index < -0.39 is 0 Å². The molecule has 0 unspecified atom stereocenters. The highest BCUT2D eigenvalue weighted by molar-refractivity contribution is 6.31. The Balaban J connectivity index is 2.69. The first-order valence-electron chi connectivity index (χ1n) is 3.80. The summed E-state index contributed by atoms with van der Waals surface area (Å²) in [4.78, 5) is 0. The number of rotatable bonds is 3. The molecule has 0 aliphatic heterocycles. The van der Waals surface area contributed by atoms with E-state index in [-0.39, 0.29) is 6.67 Å². The maximum absolute atomic E-state index is 11.8. The van der Waals surface area contributed by atoms with Gasteiger partial charge in [-0.2, -0.15) is 0 Å². The monoisotopic (exact) mass is 187 g/mol. The third-order valence-corrected chi connectivity index (χ3v) is 2.00. The van der Waals surface area contributed by atoms with E-state index in [2.05, 4.69) is 5.32 Å². The molecule has 3 heteroatoms. The quantitative estimate of drug-likeness (QED) is 0.767. The SMILES string of the molecule is Cc1ccc(NCCF)cc1Cl. The molecule has 1 aromatic rings. The molecule has 0 radical (unpaired) electrons. The molecule has 1 nitrogen and oxygen atoms in total. The zero-order valence-corrected chi connectivity index (χ0v) is 7.66. The van der Waals surface area contributed by atoms with Crippen LogP contribution in [0.5, 0.6) is 0 Å². The van der Waals surface area contributed by atoms with E-state index in [1.54, 1.807) is 6.07 Å². The summed E-state index contributed by atoms with van der Waals surface area (Å²) < 4.78 is 11.8. The van der Waals surface area contributed by atoms with Crippen LogP contribution in [-0.2, 0) is 0 Å². The highest BCUT2D eigenvalue weighted by atomic mass is 35.5. The minimum atomic E-state index is -0.370. The Morgan fingerprint density at radius 3 is 2.83 bits per heavy atom. The van der Waals surface area contributed by atoms with Gasteiger partial charge < -0.3 is 5.32 Å². The zero-order chi connectivity index (χ0) is 8.97. The summed E-state index contributed by atoms with van der Waals surface area (Å²) in [5, 5.41) is 3.61. The molecule has 12 heavy (non-hydrogen) atoms. The first-order valence-corrected chi connectivity index (χ1v) is 4.18. The number of anilines is 1. The number of halogens is 2. The molecule has 0 aromatic heterocycles. The molecular weight excluding hydrogens is 177 g/mol. The third kappa shape index (κ3) is 2.38. The zero-order valence-electron chi connectivity index (χ0n) is 6.90. The third-order valence-electron chi connectivity index (χ3n) is 1.60. The highest BCUT2D eigenvalue weighted by Gasteiger charge is 1.96. The van der Waals surface area contributed by atoms with E-state index in [1.165, 1.54) is 0 Å². The maximum Gasteiger partial charge on any atom is 0.107 e. The largest absolute Gasteiger partial charge is 0.382 e.